The van der Waals surface area contributed by atoms with E-state index in [1.54, 1.807) is 0 Å². The number of hydrogen-bond acceptors (Lipinski definition) is 2. The first kappa shape index (κ1) is 3.33. The normalized spacial score (nSPS) is 23.4. The molecule has 1 fully saturated rings. The maximum absolute atomic E-state index is 4.50. The maximum atomic E-state index is 4.50. The van der Waals surface area contributed by atoms with Gasteiger partial charge in [0.2, 0.25) is 0 Å². The maximum Gasteiger partial charge on any atom is 0.392 e. The molecule has 0 radical (unpaired) electrons. The summed E-state index contributed by atoms with van der Waals surface area (Å²) >= 11 is 0. The van der Waals surface area contributed by atoms with Crippen molar-refractivity contribution < 1.29 is 9.15 Å². The van der Waals surface area contributed by atoms with E-state index in [0.29, 0.717) is 0 Å². The largest absolute Gasteiger partial charge is 0.392 e. The molecule has 0 amide bonds. The van der Waals surface area contributed by atoms with Gasteiger partial charge in [-0.05, 0) is 6.04 Å². The Morgan fingerprint density at radius 2 is 2.20 bits per heavy atom. The highest BCUT2D eigenvalue weighted by Crippen LogP contribution is 2.09. The van der Waals surface area contributed by atoms with Crippen molar-refractivity contribution in [3.63, 3.8) is 0 Å². The average Bonchev–Trinajstić information content (AvgIpc) is 2.12. The van der Waals surface area contributed by atoms with Crippen molar-refractivity contribution in [2.24, 2.45) is 0 Å². The summed E-state index contributed by atoms with van der Waals surface area (Å²) < 4.78 is 8.99. The summed E-state index contributed by atoms with van der Waals surface area (Å²) in [5, 5.41) is 0. The Morgan fingerprint density at radius 3 is 2.20 bits per heavy atom. The molecule has 30 valence electrons. The molecule has 1 rings (SSSR count). The predicted molar refractivity (Wildman–Crippen MR) is 19.8 cm³/mol. The van der Waals surface area contributed by atoms with Crippen LogP contribution in [0.1, 0.15) is 6.92 Å². The van der Waals surface area contributed by atoms with Gasteiger partial charge in [-0.1, -0.05) is 6.92 Å². The highest BCUT2D eigenvalue weighted by atomic mass is 28.3. The van der Waals surface area contributed by atoms with E-state index in [2.05, 4.69) is 16.1 Å². The highest BCUT2D eigenvalue weighted by Gasteiger charge is 2.26. The Kier molecular flexibility index (Phi) is 0.720. The van der Waals surface area contributed by atoms with Gasteiger partial charge in [0.25, 0.3) is 0 Å². The lowest BCUT2D eigenvalue weighted by Crippen LogP contribution is -1.79. The van der Waals surface area contributed by atoms with Crippen LogP contribution in [-0.2, 0) is 9.15 Å². The van der Waals surface area contributed by atoms with Crippen molar-refractivity contribution in [3.8, 4) is 0 Å². The zero-order valence-corrected chi connectivity index (χ0v) is 4.26. The third-order valence-corrected chi connectivity index (χ3v) is 1.70. The smallest absolute Gasteiger partial charge is 0.261 e. The van der Waals surface area contributed by atoms with Gasteiger partial charge < -0.3 is 0 Å². The molecule has 1 saturated heterocycles. The Balaban J connectivity index is 2.00. The summed E-state index contributed by atoms with van der Waals surface area (Å²) in [5.74, 6) is 0. The van der Waals surface area contributed by atoms with Crippen LogP contribution >= 0.6 is 0 Å². The van der Waals surface area contributed by atoms with Crippen LogP contribution in [-0.4, -0.2) is 9.28 Å². The minimum Gasteiger partial charge on any atom is -0.261 e. The molecule has 0 aromatic rings. The molecule has 0 bridgehead atoms. The molecule has 0 unspecified atom stereocenters. The molecule has 1 heterocycles. The van der Waals surface area contributed by atoms with Crippen LogP contribution in [0.3, 0.4) is 0 Å². The van der Waals surface area contributed by atoms with E-state index in [1.165, 1.54) is 0 Å². The summed E-state index contributed by atoms with van der Waals surface area (Å²) in [4.78, 5) is 0. The van der Waals surface area contributed by atoms with E-state index in [-0.39, 0.29) is 0 Å². The van der Waals surface area contributed by atoms with E-state index < -0.39 is 9.28 Å². The molecular formula is C2H6O2Si. The highest BCUT2D eigenvalue weighted by molar-refractivity contribution is 6.49. The predicted octanol–water partition coefficient (Wildman–Crippen LogP) is 0.189. The molecule has 0 aliphatic carbocycles. The summed E-state index contributed by atoms with van der Waals surface area (Å²) in [6.07, 6.45) is 0. The molecule has 5 heavy (non-hydrogen) atoms. The minimum atomic E-state index is -0.900. The molecule has 1 aliphatic heterocycles. The first-order chi connectivity index (χ1) is 2.43. The van der Waals surface area contributed by atoms with Crippen molar-refractivity contribution in [1.29, 1.82) is 0 Å². The van der Waals surface area contributed by atoms with Gasteiger partial charge in [0, 0.05) is 0 Å². The second-order valence-corrected chi connectivity index (χ2v) is 3.09. The van der Waals surface area contributed by atoms with Crippen LogP contribution in [0.5, 0.6) is 0 Å². The van der Waals surface area contributed by atoms with Crippen LogP contribution in [0, 0.1) is 0 Å². The molecule has 0 aromatic heterocycles. The SMILES string of the molecule is CC[SiH]1OO1. The van der Waals surface area contributed by atoms with Crippen LogP contribution < -0.4 is 0 Å². The summed E-state index contributed by atoms with van der Waals surface area (Å²) in [5.41, 5.74) is 0. The quantitative estimate of drug-likeness (QED) is 0.261. The van der Waals surface area contributed by atoms with E-state index in [4.69, 9.17) is 0 Å². The van der Waals surface area contributed by atoms with Gasteiger partial charge in [0.05, 0.1) is 0 Å². The van der Waals surface area contributed by atoms with Gasteiger partial charge in [-0.15, -0.1) is 0 Å². The van der Waals surface area contributed by atoms with Gasteiger partial charge in [-0.3, -0.25) is 9.15 Å². The minimum absolute atomic E-state index is 0.900. The first-order valence-electron chi connectivity index (χ1n) is 1.75. The zero-order valence-electron chi connectivity index (χ0n) is 3.10. The third-order valence-electron chi connectivity index (χ3n) is 0.566. The fraction of sp³-hybridized carbons (Fsp3) is 1.00. The molecule has 2 nitrogen and oxygen atoms in total. The van der Waals surface area contributed by atoms with Crippen LogP contribution in [0.25, 0.3) is 0 Å². The molecule has 1 aliphatic rings. The van der Waals surface area contributed by atoms with E-state index in [1.807, 2.05) is 0 Å². The summed E-state index contributed by atoms with van der Waals surface area (Å²) in [6, 6.07) is 1.11. The second-order valence-electron chi connectivity index (χ2n) is 1.03. The topological polar surface area (TPSA) is 25.1 Å². The zero-order chi connectivity index (χ0) is 3.70. The Bertz CT molecular complexity index is 34.6. The third kappa shape index (κ3) is 0.716. The summed E-state index contributed by atoms with van der Waals surface area (Å²) in [6.45, 7) is 2.07. The van der Waals surface area contributed by atoms with Crippen molar-refractivity contribution in [2.45, 2.75) is 13.0 Å². The number of rotatable bonds is 1. The second kappa shape index (κ2) is 1.08. The molecule has 0 saturated carbocycles. The molecule has 3 heteroatoms. The molecule has 0 N–H and O–H groups in total. The molecule has 0 aromatic carbocycles. The van der Waals surface area contributed by atoms with Crippen LogP contribution in [0.4, 0.5) is 0 Å². The van der Waals surface area contributed by atoms with E-state index >= 15 is 0 Å². The standard InChI is InChI=1S/C2H6O2Si/c1-2-5-3-4-5/h5H,2H2,1H3. The van der Waals surface area contributed by atoms with Gasteiger partial charge in [-0.2, -0.15) is 0 Å². The van der Waals surface area contributed by atoms with Gasteiger partial charge >= 0.3 is 9.28 Å². The van der Waals surface area contributed by atoms with Crippen LogP contribution in [0.15, 0.2) is 0 Å². The van der Waals surface area contributed by atoms with Gasteiger partial charge in [-0.25, -0.2) is 0 Å². The average molecular weight is 90.2 g/mol. The Labute approximate surface area is 32.5 Å². The van der Waals surface area contributed by atoms with Crippen molar-refractivity contribution in [3.05, 3.63) is 0 Å². The van der Waals surface area contributed by atoms with Gasteiger partial charge in [0.1, 0.15) is 0 Å². The lowest BCUT2D eigenvalue weighted by atomic mass is 11.0. The van der Waals surface area contributed by atoms with Crippen molar-refractivity contribution in [2.75, 3.05) is 0 Å². The monoisotopic (exact) mass is 90.0 g/mol. The van der Waals surface area contributed by atoms with E-state index in [9.17, 15) is 0 Å². The lowest BCUT2D eigenvalue weighted by molar-refractivity contribution is 0.0850. The Morgan fingerprint density at radius 1 is 1.60 bits per heavy atom. The van der Waals surface area contributed by atoms with E-state index in [0.717, 1.165) is 6.04 Å². The van der Waals surface area contributed by atoms with Crippen molar-refractivity contribution >= 4 is 9.28 Å². The first-order valence-corrected chi connectivity index (χ1v) is 3.51. The van der Waals surface area contributed by atoms with Crippen molar-refractivity contribution in [1.82, 2.24) is 0 Å². The van der Waals surface area contributed by atoms with Crippen LogP contribution in [0.2, 0.25) is 6.04 Å². The number of hydrogen-bond donors (Lipinski definition) is 0. The molecule has 0 atom stereocenters. The Hall–Kier alpha value is 0.137. The lowest BCUT2D eigenvalue weighted by Gasteiger charge is -1.58. The fourth-order valence-corrected chi connectivity index (χ4v) is 0.762. The summed E-state index contributed by atoms with van der Waals surface area (Å²) in [7, 11) is -0.900. The van der Waals surface area contributed by atoms with Gasteiger partial charge in [0.15, 0.2) is 0 Å². The fourth-order valence-electron chi connectivity index (χ4n) is 0.175. The molecule has 0 spiro atoms. The molecular weight excluding hydrogens is 84.1 g/mol.